The molecule has 1 heterocycles. The van der Waals surface area contributed by atoms with Crippen molar-refractivity contribution in [2.75, 3.05) is 11.9 Å². The lowest BCUT2D eigenvalue weighted by Crippen LogP contribution is -2.34. The predicted molar refractivity (Wildman–Crippen MR) is 76.9 cm³/mol. The quantitative estimate of drug-likeness (QED) is 0.607. The summed E-state index contributed by atoms with van der Waals surface area (Å²) < 4.78 is 1.14. The first-order valence-corrected chi connectivity index (χ1v) is 7.61. The van der Waals surface area contributed by atoms with Crippen LogP contribution in [0.2, 0.25) is 0 Å². The van der Waals surface area contributed by atoms with E-state index < -0.39 is 0 Å². The van der Waals surface area contributed by atoms with E-state index in [0.29, 0.717) is 6.54 Å². The zero-order valence-electron chi connectivity index (χ0n) is 8.64. The van der Waals surface area contributed by atoms with Gasteiger partial charge in [-0.1, -0.05) is 29.8 Å². The maximum absolute atomic E-state index is 11.7. The van der Waals surface area contributed by atoms with Gasteiger partial charge < -0.3 is 5.32 Å². The summed E-state index contributed by atoms with van der Waals surface area (Å²) in [4.78, 5) is 11.7. The van der Waals surface area contributed by atoms with E-state index in [1.807, 2.05) is 11.4 Å². The highest BCUT2D eigenvalue weighted by Crippen LogP contribution is 2.18. The topological polar surface area (TPSA) is 29.1 Å². The number of amides is 1. The van der Waals surface area contributed by atoms with Gasteiger partial charge in [0, 0.05) is 17.3 Å². The molecule has 0 unspecified atom stereocenters. The third-order valence-corrected chi connectivity index (χ3v) is 5.23. The van der Waals surface area contributed by atoms with Gasteiger partial charge in [0.15, 0.2) is 0 Å². The fourth-order valence-corrected chi connectivity index (χ4v) is 2.42. The molecule has 1 amide bonds. The number of carbonyl (C=O) groups is 1. The summed E-state index contributed by atoms with van der Waals surface area (Å²) in [5, 5.41) is 5.70. The number of halogens is 2. The molecule has 5 heteroatoms. The summed E-state index contributed by atoms with van der Waals surface area (Å²) in [6, 6.07) is 1.90. The maximum atomic E-state index is 11.7. The average Bonchev–Trinajstić information content (AvgIpc) is 2.61. The number of nitrogens with one attached hydrogen (secondary N) is 1. The van der Waals surface area contributed by atoms with Gasteiger partial charge in [-0.05, 0) is 34.1 Å². The van der Waals surface area contributed by atoms with Crippen molar-refractivity contribution < 1.29 is 4.79 Å². The van der Waals surface area contributed by atoms with Crippen molar-refractivity contribution in [3.63, 3.8) is 0 Å². The summed E-state index contributed by atoms with van der Waals surface area (Å²) in [5.41, 5.74) is 0.855. The zero-order valence-corrected chi connectivity index (χ0v) is 13.2. The lowest BCUT2D eigenvalue weighted by Gasteiger charge is -2.21. The van der Waals surface area contributed by atoms with E-state index in [4.69, 9.17) is 0 Å². The van der Waals surface area contributed by atoms with Crippen molar-refractivity contribution in [3.8, 4) is 0 Å². The Bertz CT molecular complexity index is 351. The number of hydrogen-bond acceptors (Lipinski definition) is 2. The second-order valence-electron chi connectivity index (χ2n) is 4.12. The molecule has 0 aliphatic rings. The number of thiophene rings is 1. The minimum Gasteiger partial charge on any atom is -0.351 e. The lowest BCUT2D eigenvalue weighted by molar-refractivity contribution is 0.0940. The van der Waals surface area contributed by atoms with Crippen LogP contribution in [0.5, 0.6) is 0 Å². The summed E-state index contributed by atoms with van der Waals surface area (Å²) in [5.74, 6) is 0.0168. The van der Waals surface area contributed by atoms with Gasteiger partial charge in [-0.25, -0.2) is 0 Å². The Morgan fingerprint density at radius 3 is 2.80 bits per heavy atom. The summed E-state index contributed by atoms with van der Waals surface area (Å²) >= 11 is 7.24. The maximum Gasteiger partial charge on any atom is 0.252 e. The minimum atomic E-state index is 0.0168. The molecule has 0 aliphatic heterocycles. The number of alkyl halides is 1. The molecule has 0 bridgehead atoms. The van der Waals surface area contributed by atoms with Crippen molar-refractivity contribution in [2.24, 2.45) is 5.41 Å². The Kier molecular flexibility index (Phi) is 5.05. The van der Waals surface area contributed by atoms with Gasteiger partial charge in [-0.3, -0.25) is 4.79 Å². The van der Waals surface area contributed by atoms with Crippen molar-refractivity contribution >= 4 is 55.8 Å². The number of carbonyl (C=O) groups excluding carboxylic acids is 1. The van der Waals surface area contributed by atoms with Crippen LogP contribution in [-0.4, -0.2) is 17.8 Å². The van der Waals surface area contributed by atoms with E-state index in [9.17, 15) is 4.79 Å². The van der Waals surface area contributed by atoms with Gasteiger partial charge in [0.05, 0.1) is 8.45 Å². The van der Waals surface area contributed by atoms with Crippen molar-refractivity contribution in [3.05, 3.63) is 19.9 Å². The molecule has 0 radical (unpaired) electrons. The largest absolute Gasteiger partial charge is 0.351 e. The van der Waals surface area contributed by atoms with E-state index in [0.717, 1.165) is 13.8 Å². The van der Waals surface area contributed by atoms with Gasteiger partial charge >= 0.3 is 0 Å². The molecular weight excluding hydrogens is 389 g/mol. The van der Waals surface area contributed by atoms with Crippen LogP contribution in [0.1, 0.15) is 24.2 Å². The second-order valence-corrected chi connectivity index (χ2v) is 7.49. The molecular formula is C10H13BrINOS. The van der Waals surface area contributed by atoms with Gasteiger partial charge in [-0.15, -0.1) is 11.3 Å². The van der Waals surface area contributed by atoms with E-state index in [1.165, 1.54) is 0 Å². The van der Waals surface area contributed by atoms with E-state index >= 15 is 0 Å². The molecule has 1 rings (SSSR count). The van der Waals surface area contributed by atoms with Crippen LogP contribution >= 0.6 is 49.9 Å². The van der Waals surface area contributed by atoms with Gasteiger partial charge in [0.2, 0.25) is 0 Å². The minimum absolute atomic E-state index is 0.0168. The average molecular weight is 402 g/mol. The lowest BCUT2D eigenvalue weighted by atomic mass is 9.97. The van der Waals surface area contributed by atoms with E-state index in [-0.39, 0.29) is 11.3 Å². The molecule has 15 heavy (non-hydrogen) atoms. The normalized spacial score (nSPS) is 11.5. The van der Waals surface area contributed by atoms with Crippen LogP contribution < -0.4 is 5.32 Å². The first-order chi connectivity index (χ1) is 6.94. The second kappa shape index (κ2) is 5.63. The van der Waals surface area contributed by atoms with Crippen LogP contribution in [0, 0.1) is 8.30 Å². The smallest absolute Gasteiger partial charge is 0.252 e. The van der Waals surface area contributed by atoms with Crippen molar-refractivity contribution in [1.82, 2.24) is 5.32 Å². The fourth-order valence-electron chi connectivity index (χ4n) is 0.898. The van der Waals surface area contributed by atoms with Crippen LogP contribution in [-0.2, 0) is 0 Å². The van der Waals surface area contributed by atoms with Crippen molar-refractivity contribution in [2.45, 2.75) is 13.8 Å². The van der Waals surface area contributed by atoms with Gasteiger partial charge in [-0.2, -0.15) is 0 Å². The van der Waals surface area contributed by atoms with E-state index in [2.05, 4.69) is 57.7 Å². The highest BCUT2D eigenvalue weighted by molar-refractivity contribution is 14.1. The Labute approximate surface area is 116 Å². The molecule has 0 fully saturated rings. The molecule has 0 saturated carbocycles. The summed E-state index contributed by atoms with van der Waals surface area (Å²) in [7, 11) is 0. The monoisotopic (exact) mass is 401 g/mol. The molecule has 1 aromatic heterocycles. The van der Waals surface area contributed by atoms with Crippen LogP contribution in [0.3, 0.4) is 0 Å². The first kappa shape index (κ1) is 13.4. The van der Waals surface area contributed by atoms with E-state index in [1.54, 1.807) is 11.3 Å². The molecule has 1 N–H and O–H groups in total. The molecule has 0 atom stereocenters. The molecule has 1 aromatic rings. The molecule has 0 spiro atoms. The Hall–Kier alpha value is 0.380. The third-order valence-electron chi connectivity index (χ3n) is 1.92. The first-order valence-electron chi connectivity index (χ1n) is 4.53. The standard InChI is InChI=1S/C10H13BrINOS/c1-10(2,5-11)6-13-9(14)7-3-8(12)15-4-7/h3-4H,5-6H2,1-2H3,(H,13,14). The van der Waals surface area contributed by atoms with Gasteiger partial charge in [0.1, 0.15) is 0 Å². The predicted octanol–water partition coefficient (Wildman–Crippen LogP) is 3.50. The number of hydrogen-bond donors (Lipinski definition) is 1. The van der Waals surface area contributed by atoms with Crippen molar-refractivity contribution in [1.29, 1.82) is 0 Å². The van der Waals surface area contributed by atoms with Gasteiger partial charge in [0.25, 0.3) is 5.91 Å². The molecule has 0 saturated heterocycles. The zero-order chi connectivity index (χ0) is 11.5. The summed E-state index contributed by atoms with van der Waals surface area (Å²) in [6.07, 6.45) is 0. The highest BCUT2D eigenvalue weighted by atomic mass is 127. The molecule has 0 aromatic carbocycles. The molecule has 0 aliphatic carbocycles. The highest BCUT2D eigenvalue weighted by Gasteiger charge is 2.17. The van der Waals surface area contributed by atoms with Crippen LogP contribution in [0.15, 0.2) is 11.4 Å². The summed E-state index contributed by atoms with van der Waals surface area (Å²) in [6.45, 7) is 4.91. The Morgan fingerprint density at radius 2 is 2.33 bits per heavy atom. The Morgan fingerprint density at radius 1 is 1.67 bits per heavy atom. The third kappa shape index (κ3) is 4.40. The SMILES string of the molecule is CC(C)(CBr)CNC(=O)c1csc(I)c1. The number of rotatable bonds is 4. The fraction of sp³-hybridized carbons (Fsp3) is 0.500. The molecule has 2 nitrogen and oxygen atoms in total. The Balaban J connectivity index is 2.50. The molecule has 84 valence electrons. The van der Waals surface area contributed by atoms with Crippen LogP contribution in [0.4, 0.5) is 0 Å². The van der Waals surface area contributed by atoms with Crippen LogP contribution in [0.25, 0.3) is 0 Å².